The highest BCUT2D eigenvalue weighted by atomic mass is 19.4. The minimum Gasteiger partial charge on any atom is -0.406 e. The summed E-state index contributed by atoms with van der Waals surface area (Å²) in [5.41, 5.74) is 1.09. The normalized spacial score (nSPS) is 28.0. The van der Waals surface area contributed by atoms with Gasteiger partial charge in [-0.2, -0.15) is 0 Å². The van der Waals surface area contributed by atoms with E-state index in [1.54, 1.807) is 12.1 Å². The van der Waals surface area contributed by atoms with E-state index in [9.17, 15) is 13.2 Å². The Kier molecular flexibility index (Phi) is 7.70. The number of benzene rings is 1. The molecular weight excluding hydrogens is 373 g/mol. The predicted octanol–water partition coefficient (Wildman–Crippen LogP) is 7.64. The Morgan fingerprint density at radius 3 is 2.21 bits per heavy atom. The number of alkyl halides is 3. The topological polar surface area (TPSA) is 9.23 Å². The van der Waals surface area contributed by atoms with Gasteiger partial charge in [0.15, 0.2) is 0 Å². The molecule has 0 heterocycles. The lowest BCUT2D eigenvalue weighted by Crippen LogP contribution is -2.17. The molecule has 1 nitrogen and oxygen atoms in total. The second-order valence-corrected chi connectivity index (χ2v) is 8.50. The summed E-state index contributed by atoms with van der Waals surface area (Å²) in [4.78, 5) is 0. The maximum atomic E-state index is 12.3. The molecule has 2 saturated carbocycles. The highest BCUT2D eigenvalue weighted by Gasteiger charge is 2.31. The lowest BCUT2D eigenvalue weighted by Gasteiger charge is -2.26. The van der Waals surface area contributed by atoms with Crippen LogP contribution in [0.25, 0.3) is 0 Å². The van der Waals surface area contributed by atoms with Crippen LogP contribution >= 0.6 is 0 Å². The van der Waals surface area contributed by atoms with Crippen LogP contribution in [0.15, 0.2) is 36.4 Å². The van der Waals surface area contributed by atoms with Crippen molar-refractivity contribution in [3.8, 4) is 17.6 Å². The Bertz CT molecular complexity index is 707. The molecule has 2 aliphatic carbocycles. The lowest BCUT2D eigenvalue weighted by molar-refractivity contribution is -0.274. The Morgan fingerprint density at radius 1 is 0.966 bits per heavy atom. The molecule has 1 aromatic carbocycles. The summed E-state index contributed by atoms with van der Waals surface area (Å²) in [6, 6.07) is 6.34. The largest absolute Gasteiger partial charge is 0.573 e. The molecule has 2 aliphatic rings. The average Bonchev–Trinajstić information content (AvgIpc) is 2.72. The zero-order valence-electron chi connectivity index (χ0n) is 17.2. The van der Waals surface area contributed by atoms with Crippen molar-refractivity contribution in [2.24, 2.45) is 17.8 Å². The summed E-state index contributed by atoms with van der Waals surface area (Å²) >= 11 is 0. The molecule has 158 valence electrons. The molecular formula is C25H31F3O. The van der Waals surface area contributed by atoms with Gasteiger partial charge in [0.25, 0.3) is 0 Å². The first-order chi connectivity index (χ1) is 13.9. The third kappa shape index (κ3) is 7.14. The van der Waals surface area contributed by atoms with Crippen LogP contribution in [0, 0.1) is 29.6 Å². The number of ether oxygens (including phenoxy) is 1. The van der Waals surface area contributed by atoms with Gasteiger partial charge in [0, 0.05) is 5.92 Å². The first-order valence-corrected chi connectivity index (χ1v) is 11.0. The molecule has 0 bridgehead atoms. The molecule has 0 amide bonds. The van der Waals surface area contributed by atoms with Crippen LogP contribution < -0.4 is 4.74 Å². The summed E-state index contributed by atoms with van der Waals surface area (Å²) in [6.07, 6.45) is 10.5. The van der Waals surface area contributed by atoms with Crippen molar-refractivity contribution < 1.29 is 17.9 Å². The number of rotatable bonds is 4. The summed E-state index contributed by atoms with van der Waals surface area (Å²) in [7, 11) is 0. The van der Waals surface area contributed by atoms with E-state index < -0.39 is 6.36 Å². The highest BCUT2D eigenvalue weighted by molar-refractivity contribution is 5.30. The average molecular weight is 405 g/mol. The molecule has 2 fully saturated rings. The van der Waals surface area contributed by atoms with Crippen molar-refractivity contribution in [1.82, 2.24) is 0 Å². The fourth-order valence-electron chi connectivity index (χ4n) is 4.65. The number of allylic oxidation sites excluding steroid dienone is 2. The van der Waals surface area contributed by atoms with E-state index in [2.05, 4.69) is 35.7 Å². The van der Waals surface area contributed by atoms with Crippen molar-refractivity contribution >= 4 is 0 Å². The van der Waals surface area contributed by atoms with Gasteiger partial charge in [-0.15, -0.1) is 13.2 Å². The molecule has 0 spiro atoms. The molecule has 0 aromatic heterocycles. The van der Waals surface area contributed by atoms with Gasteiger partial charge in [-0.25, -0.2) is 0 Å². The summed E-state index contributed by atoms with van der Waals surface area (Å²) in [5, 5.41) is 0. The number of halogens is 3. The second-order valence-electron chi connectivity index (χ2n) is 8.50. The van der Waals surface area contributed by atoms with Gasteiger partial charge in [-0.05, 0) is 92.9 Å². The van der Waals surface area contributed by atoms with Crippen molar-refractivity contribution in [3.63, 3.8) is 0 Å². The van der Waals surface area contributed by atoms with Gasteiger partial charge in [-0.1, -0.05) is 43.4 Å². The molecule has 4 heteroatoms. The maximum absolute atomic E-state index is 12.3. The third-order valence-electron chi connectivity index (χ3n) is 6.52. The molecule has 0 N–H and O–H groups in total. The highest BCUT2D eigenvalue weighted by Crippen LogP contribution is 2.36. The van der Waals surface area contributed by atoms with E-state index >= 15 is 0 Å². The van der Waals surface area contributed by atoms with Gasteiger partial charge < -0.3 is 4.74 Å². The van der Waals surface area contributed by atoms with Gasteiger partial charge in [-0.3, -0.25) is 0 Å². The Balaban J connectivity index is 1.42. The lowest BCUT2D eigenvalue weighted by atomic mass is 9.79. The minimum absolute atomic E-state index is 0.157. The molecule has 0 saturated heterocycles. The molecule has 0 radical (unpaired) electrons. The van der Waals surface area contributed by atoms with Crippen molar-refractivity contribution in [3.05, 3.63) is 42.0 Å². The first kappa shape index (κ1) is 21.8. The van der Waals surface area contributed by atoms with Crippen molar-refractivity contribution in [2.45, 2.75) is 77.0 Å². The van der Waals surface area contributed by atoms with Gasteiger partial charge in [0.2, 0.25) is 0 Å². The van der Waals surface area contributed by atoms with Crippen molar-refractivity contribution in [2.75, 3.05) is 0 Å². The minimum atomic E-state index is -4.64. The Labute approximate surface area is 172 Å². The number of hydrogen-bond donors (Lipinski definition) is 0. The summed E-state index contributed by atoms with van der Waals surface area (Å²) in [5.74, 6) is 8.96. The molecule has 0 unspecified atom stereocenters. The van der Waals surface area contributed by atoms with E-state index in [0.717, 1.165) is 37.2 Å². The van der Waals surface area contributed by atoms with Crippen LogP contribution in [0.3, 0.4) is 0 Å². The maximum Gasteiger partial charge on any atom is 0.573 e. The van der Waals surface area contributed by atoms with Crippen LogP contribution in [0.4, 0.5) is 13.2 Å². The molecule has 3 rings (SSSR count). The second kappa shape index (κ2) is 10.2. The van der Waals surface area contributed by atoms with Gasteiger partial charge in [0.05, 0.1) is 0 Å². The van der Waals surface area contributed by atoms with Crippen molar-refractivity contribution in [1.29, 1.82) is 0 Å². The standard InChI is InChI=1S/C25H31F3O/c1-2-19-7-9-20(10-8-19)5-3-4-6-21-11-13-22(14-12-21)23-15-17-24(18-16-23)29-25(26,27)28/h3,5,15-22H,2,7-14H2,1H3. The zero-order valence-corrected chi connectivity index (χ0v) is 17.2. The third-order valence-corrected chi connectivity index (χ3v) is 6.52. The monoisotopic (exact) mass is 404 g/mol. The van der Waals surface area contributed by atoms with E-state index in [-0.39, 0.29) is 5.75 Å². The first-order valence-electron chi connectivity index (χ1n) is 11.0. The van der Waals surface area contributed by atoms with Gasteiger partial charge in [0.1, 0.15) is 5.75 Å². The smallest absolute Gasteiger partial charge is 0.406 e. The van der Waals surface area contributed by atoms with Crippen LogP contribution in [-0.4, -0.2) is 6.36 Å². The molecule has 1 aromatic rings. The zero-order chi connectivity index (χ0) is 20.7. The quantitative estimate of drug-likeness (QED) is 0.469. The fraction of sp³-hybridized carbons (Fsp3) is 0.600. The van der Waals surface area contributed by atoms with Crippen LogP contribution in [0.5, 0.6) is 5.75 Å². The van der Waals surface area contributed by atoms with Crippen LogP contribution in [0.1, 0.15) is 76.2 Å². The predicted molar refractivity (Wildman–Crippen MR) is 110 cm³/mol. The Hall–Kier alpha value is -1.89. The number of hydrogen-bond acceptors (Lipinski definition) is 1. The SMILES string of the molecule is CCC1CCC(C=CC#CC2CCC(c3ccc(OC(F)(F)F)cc3)CC2)CC1. The summed E-state index contributed by atoms with van der Waals surface area (Å²) in [6.45, 7) is 2.29. The van der Waals surface area contributed by atoms with Crippen LogP contribution in [-0.2, 0) is 0 Å². The van der Waals surface area contributed by atoms with E-state index in [0.29, 0.717) is 17.8 Å². The molecule has 29 heavy (non-hydrogen) atoms. The fourth-order valence-corrected chi connectivity index (χ4v) is 4.65. The van der Waals surface area contributed by atoms with Gasteiger partial charge >= 0.3 is 6.36 Å². The molecule has 0 atom stereocenters. The summed E-state index contributed by atoms with van der Waals surface area (Å²) < 4.78 is 40.7. The van der Waals surface area contributed by atoms with E-state index in [1.807, 2.05) is 0 Å². The van der Waals surface area contributed by atoms with Crippen LogP contribution in [0.2, 0.25) is 0 Å². The Morgan fingerprint density at radius 2 is 1.62 bits per heavy atom. The van der Waals surface area contributed by atoms with E-state index in [1.165, 1.54) is 44.2 Å². The molecule has 0 aliphatic heterocycles. The van der Waals surface area contributed by atoms with E-state index in [4.69, 9.17) is 0 Å².